The average molecular weight is 729 g/mol. The molecular formula is C52H32N4O. The Labute approximate surface area is 328 Å². The van der Waals surface area contributed by atoms with Crippen LogP contribution in [0.1, 0.15) is 0 Å². The molecule has 0 aliphatic carbocycles. The van der Waals surface area contributed by atoms with Crippen molar-refractivity contribution in [2.45, 2.75) is 0 Å². The summed E-state index contributed by atoms with van der Waals surface area (Å²) in [5.74, 6) is 1.88. The normalized spacial score (nSPS) is 11.5. The highest BCUT2D eigenvalue weighted by molar-refractivity contribution is 6.25. The summed E-state index contributed by atoms with van der Waals surface area (Å²) >= 11 is 0. The van der Waals surface area contributed by atoms with Crippen molar-refractivity contribution in [3.05, 3.63) is 194 Å². The van der Waals surface area contributed by atoms with Crippen molar-refractivity contribution in [3.8, 4) is 67.7 Å². The van der Waals surface area contributed by atoms with Crippen LogP contribution >= 0.6 is 0 Å². The van der Waals surface area contributed by atoms with E-state index in [0.29, 0.717) is 17.5 Å². The molecule has 266 valence electrons. The number of benzene rings is 8. The van der Waals surface area contributed by atoms with Crippen LogP contribution in [0.3, 0.4) is 0 Å². The molecule has 5 nitrogen and oxygen atoms in total. The Kier molecular flexibility index (Phi) is 7.74. The van der Waals surface area contributed by atoms with E-state index >= 15 is 0 Å². The lowest BCUT2D eigenvalue weighted by Gasteiger charge is -2.11. The van der Waals surface area contributed by atoms with E-state index in [2.05, 4.69) is 146 Å². The fourth-order valence-electron chi connectivity index (χ4n) is 7.91. The van der Waals surface area contributed by atoms with Crippen LogP contribution in [0, 0.1) is 0 Å². The number of pyridine rings is 1. The molecule has 3 aromatic heterocycles. The molecule has 0 amide bonds. The topological polar surface area (TPSA) is 64.7 Å². The van der Waals surface area contributed by atoms with Crippen molar-refractivity contribution in [2.24, 2.45) is 0 Å². The predicted octanol–water partition coefficient (Wildman–Crippen LogP) is 13.5. The Bertz CT molecular complexity index is 3280. The first-order chi connectivity index (χ1) is 28.2. The third-order valence-corrected chi connectivity index (χ3v) is 10.7. The molecule has 3 heterocycles. The minimum Gasteiger partial charge on any atom is -0.455 e. The minimum atomic E-state index is 0.617. The molecule has 0 spiro atoms. The molecule has 0 N–H and O–H groups in total. The maximum Gasteiger partial charge on any atom is 0.164 e. The lowest BCUT2D eigenvalue weighted by Crippen LogP contribution is -2.00. The summed E-state index contributed by atoms with van der Waals surface area (Å²) in [7, 11) is 0. The van der Waals surface area contributed by atoms with E-state index in [0.717, 1.165) is 93.8 Å². The van der Waals surface area contributed by atoms with Gasteiger partial charge in [0.2, 0.25) is 0 Å². The Hall–Kier alpha value is -7.76. The van der Waals surface area contributed by atoms with Gasteiger partial charge in [-0.25, -0.2) is 19.9 Å². The van der Waals surface area contributed by atoms with E-state index in [1.54, 1.807) is 0 Å². The van der Waals surface area contributed by atoms with Gasteiger partial charge in [0.05, 0.1) is 22.0 Å². The van der Waals surface area contributed by atoms with Gasteiger partial charge < -0.3 is 4.42 Å². The molecule has 0 aliphatic heterocycles. The van der Waals surface area contributed by atoms with E-state index < -0.39 is 0 Å². The highest BCUT2D eigenvalue weighted by Gasteiger charge is 2.20. The number of furan rings is 1. The quantitative estimate of drug-likeness (QED) is 0.160. The molecule has 0 aliphatic rings. The Balaban J connectivity index is 1.00. The van der Waals surface area contributed by atoms with E-state index in [1.807, 2.05) is 48.5 Å². The molecule has 8 aromatic carbocycles. The smallest absolute Gasteiger partial charge is 0.164 e. The van der Waals surface area contributed by atoms with Gasteiger partial charge in [0.1, 0.15) is 11.2 Å². The Morgan fingerprint density at radius 3 is 1.56 bits per heavy atom. The van der Waals surface area contributed by atoms with E-state index in [1.165, 1.54) is 0 Å². The third kappa shape index (κ3) is 5.81. The van der Waals surface area contributed by atoms with Gasteiger partial charge in [-0.2, -0.15) is 0 Å². The Morgan fingerprint density at radius 1 is 0.316 bits per heavy atom. The molecule has 11 rings (SSSR count). The van der Waals surface area contributed by atoms with Crippen LogP contribution < -0.4 is 0 Å². The maximum atomic E-state index is 6.65. The SMILES string of the molecule is c1ccc(-c2cccc(-c3nc(-c4ccccc4)nc(-c4ccc(-c5cccc(-c6nc7ccc8ccccc8c7c7oc8ccccc8c67)c5)cc4)n3)c2)cc1. The number of fused-ring (bicyclic) bond motifs is 7. The van der Waals surface area contributed by atoms with Crippen molar-refractivity contribution in [1.29, 1.82) is 0 Å². The van der Waals surface area contributed by atoms with Gasteiger partial charge in [-0.05, 0) is 57.3 Å². The standard InChI is InChI=1S/C52H32N4O/c1-3-13-33(14-4-1)39-19-12-21-41(32-39)52-55-50(36-16-5-2-6-17-36)54-51(56-52)37-27-25-34(26-28-37)38-18-11-20-40(31-38)48-47-43-23-9-10-24-45(43)57-49(47)46-42-22-8-7-15-35(42)29-30-44(46)53-48/h1-32H. The first kappa shape index (κ1) is 32.7. The van der Waals surface area contributed by atoms with Crippen molar-refractivity contribution >= 4 is 43.6 Å². The minimum absolute atomic E-state index is 0.617. The summed E-state index contributed by atoms with van der Waals surface area (Å²) in [5.41, 5.74) is 11.7. The van der Waals surface area contributed by atoms with Crippen molar-refractivity contribution in [2.75, 3.05) is 0 Å². The van der Waals surface area contributed by atoms with Crippen LogP contribution in [0.5, 0.6) is 0 Å². The van der Waals surface area contributed by atoms with Gasteiger partial charge in [-0.3, -0.25) is 0 Å². The third-order valence-electron chi connectivity index (χ3n) is 10.7. The summed E-state index contributed by atoms with van der Waals surface area (Å²) in [6.45, 7) is 0. The fourth-order valence-corrected chi connectivity index (χ4v) is 7.91. The lowest BCUT2D eigenvalue weighted by molar-refractivity contribution is 0.673. The summed E-state index contributed by atoms with van der Waals surface area (Å²) in [5, 5.41) is 5.41. The zero-order valence-corrected chi connectivity index (χ0v) is 30.7. The number of rotatable bonds is 6. The largest absolute Gasteiger partial charge is 0.455 e. The van der Waals surface area contributed by atoms with E-state index in [4.69, 9.17) is 24.4 Å². The molecule has 0 atom stereocenters. The summed E-state index contributed by atoms with van der Waals surface area (Å²) in [6.07, 6.45) is 0. The second-order valence-electron chi connectivity index (χ2n) is 14.2. The van der Waals surface area contributed by atoms with Crippen molar-refractivity contribution < 1.29 is 4.42 Å². The summed E-state index contributed by atoms with van der Waals surface area (Å²) in [4.78, 5) is 20.3. The fraction of sp³-hybridized carbons (Fsp3) is 0. The van der Waals surface area contributed by atoms with Gasteiger partial charge >= 0.3 is 0 Å². The highest BCUT2D eigenvalue weighted by Crippen LogP contribution is 2.42. The number of hydrogen-bond donors (Lipinski definition) is 0. The monoisotopic (exact) mass is 728 g/mol. The molecule has 0 fully saturated rings. The van der Waals surface area contributed by atoms with Gasteiger partial charge in [0.25, 0.3) is 0 Å². The molecule has 0 saturated heterocycles. The van der Waals surface area contributed by atoms with Crippen LogP contribution in [0.4, 0.5) is 0 Å². The van der Waals surface area contributed by atoms with Gasteiger partial charge in [0.15, 0.2) is 17.5 Å². The molecule has 0 radical (unpaired) electrons. The second kappa shape index (κ2) is 13.5. The molecular weight excluding hydrogens is 697 g/mol. The van der Waals surface area contributed by atoms with Gasteiger partial charge in [-0.15, -0.1) is 0 Å². The van der Waals surface area contributed by atoms with Crippen LogP contribution in [-0.4, -0.2) is 19.9 Å². The van der Waals surface area contributed by atoms with Crippen LogP contribution in [0.25, 0.3) is 111 Å². The number of nitrogens with zero attached hydrogens (tertiary/aromatic N) is 4. The predicted molar refractivity (Wildman–Crippen MR) is 233 cm³/mol. The molecule has 57 heavy (non-hydrogen) atoms. The highest BCUT2D eigenvalue weighted by atomic mass is 16.3. The Morgan fingerprint density at radius 2 is 0.825 bits per heavy atom. The lowest BCUT2D eigenvalue weighted by atomic mass is 9.96. The number of aromatic nitrogens is 4. The van der Waals surface area contributed by atoms with Crippen molar-refractivity contribution in [1.82, 2.24) is 19.9 Å². The van der Waals surface area contributed by atoms with Crippen LogP contribution in [0.15, 0.2) is 199 Å². The molecule has 0 bridgehead atoms. The van der Waals surface area contributed by atoms with Crippen LogP contribution in [0.2, 0.25) is 0 Å². The molecule has 0 unspecified atom stereocenters. The van der Waals surface area contributed by atoms with Gasteiger partial charge in [0, 0.05) is 27.6 Å². The zero-order valence-electron chi connectivity index (χ0n) is 30.7. The molecule has 5 heteroatoms. The van der Waals surface area contributed by atoms with Crippen LogP contribution in [-0.2, 0) is 0 Å². The van der Waals surface area contributed by atoms with Gasteiger partial charge in [-0.1, -0.05) is 170 Å². The molecule has 0 saturated carbocycles. The van der Waals surface area contributed by atoms with E-state index in [-0.39, 0.29) is 0 Å². The number of para-hydroxylation sites is 1. The average Bonchev–Trinajstić information content (AvgIpc) is 3.69. The second-order valence-corrected chi connectivity index (χ2v) is 14.2. The number of hydrogen-bond acceptors (Lipinski definition) is 5. The summed E-state index contributed by atoms with van der Waals surface area (Å²) < 4.78 is 6.65. The summed E-state index contributed by atoms with van der Waals surface area (Å²) in [6, 6.07) is 66.8. The first-order valence-electron chi connectivity index (χ1n) is 19.0. The molecule has 11 aromatic rings. The zero-order chi connectivity index (χ0) is 37.7. The van der Waals surface area contributed by atoms with Crippen molar-refractivity contribution in [3.63, 3.8) is 0 Å². The first-order valence-corrected chi connectivity index (χ1v) is 19.0. The maximum absolute atomic E-state index is 6.65. The van der Waals surface area contributed by atoms with E-state index in [9.17, 15) is 0 Å².